The van der Waals surface area contributed by atoms with Crippen molar-refractivity contribution in [2.45, 2.75) is 90.4 Å². The summed E-state index contributed by atoms with van der Waals surface area (Å²) >= 11 is 0. The number of rotatable bonds is 14. The Morgan fingerprint density at radius 2 is 1.46 bits per heavy atom. The third-order valence-electron chi connectivity index (χ3n) is 4.41. The highest BCUT2D eigenvalue weighted by Crippen LogP contribution is 2.13. The van der Waals surface area contributed by atoms with Gasteiger partial charge in [-0.25, -0.2) is 5.84 Å². The SMILES string of the molecule is CCCCCCCCCCCCCCc1c(C(=O)NN)o[nH]c1=O. The summed E-state index contributed by atoms with van der Waals surface area (Å²) in [6.07, 6.45) is 15.7. The molecular weight excluding hydrogens is 306 g/mol. The molecule has 1 aromatic heterocycles. The van der Waals surface area contributed by atoms with Crippen molar-refractivity contribution in [2.24, 2.45) is 5.84 Å². The largest absolute Gasteiger partial charge is 0.373 e. The molecule has 0 unspecified atom stereocenters. The van der Waals surface area contributed by atoms with Gasteiger partial charge in [-0.05, 0) is 12.8 Å². The molecule has 0 aliphatic rings. The van der Waals surface area contributed by atoms with Crippen molar-refractivity contribution in [2.75, 3.05) is 0 Å². The van der Waals surface area contributed by atoms with Gasteiger partial charge >= 0.3 is 5.91 Å². The van der Waals surface area contributed by atoms with Crippen LogP contribution in [0.15, 0.2) is 9.32 Å². The van der Waals surface area contributed by atoms with E-state index in [0.29, 0.717) is 12.0 Å². The number of nitrogen functional groups attached to an aromatic ring is 1. The summed E-state index contributed by atoms with van der Waals surface area (Å²) in [5, 5.41) is 2.20. The van der Waals surface area contributed by atoms with Gasteiger partial charge in [0.05, 0.1) is 5.56 Å². The monoisotopic (exact) mass is 339 g/mol. The van der Waals surface area contributed by atoms with Crippen LogP contribution in [-0.2, 0) is 6.42 Å². The second-order valence-corrected chi connectivity index (χ2v) is 6.45. The van der Waals surface area contributed by atoms with Crippen molar-refractivity contribution in [1.29, 1.82) is 0 Å². The maximum Gasteiger partial charge on any atom is 0.304 e. The summed E-state index contributed by atoms with van der Waals surface area (Å²) in [7, 11) is 0. The van der Waals surface area contributed by atoms with Crippen LogP contribution in [0.5, 0.6) is 0 Å². The summed E-state index contributed by atoms with van der Waals surface area (Å²) in [4.78, 5) is 23.1. The smallest absolute Gasteiger partial charge is 0.304 e. The minimum absolute atomic E-state index is 0.00516. The zero-order valence-electron chi connectivity index (χ0n) is 15.0. The fourth-order valence-corrected chi connectivity index (χ4v) is 2.94. The van der Waals surface area contributed by atoms with Gasteiger partial charge in [-0.3, -0.25) is 15.0 Å². The highest BCUT2D eigenvalue weighted by atomic mass is 16.5. The van der Waals surface area contributed by atoms with E-state index in [0.717, 1.165) is 12.8 Å². The number of nitrogens with two attached hydrogens (primary N) is 1. The molecule has 0 aliphatic heterocycles. The molecule has 1 amide bonds. The van der Waals surface area contributed by atoms with Gasteiger partial charge in [0.15, 0.2) is 0 Å². The zero-order chi connectivity index (χ0) is 17.6. The second kappa shape index (κ2) is 12.8. The van der Waals surface area contributed by atoms with Gasteiger partial charge < -0.3 is 4.52 Å². The Morgan fingerprint density at radius 1 is 0.958 bits per heavy atom. The average molecular weight is 339 g/mol. The van der Waals surface area contributed by atoms with E-state index in [1.807, 2.05) is 5.43 Å². The van der Waals surface area contributed by atoms with Gasteiger partial charge in [-0.2, -0.15) is 5.16 Å². The lowest BCUT2D eigenvalue weighted by Crippen LogP contribution is -2.30. The molecule has 24 heavy (non-hydrogen) atoms. The van der Waals surface area contributed by atoms with Crippen molar-refractivity contribution >= 4 is 5.91 Å². The summed E-state index contributed by atoms with van der Waals surface area (Å²) in [5.74, 6) is 4.51. The standard InChI is InChI=1S/C18H33N3O3/c1-2-3-4-5-6-7-8-9-10-11-12-13-14-15-16(18(23)20-19)24-21-17(15)22/h2-14,19H2,1H3,(H,20,23)(H,21,22). The first-order valence-electron chi connectivity index (χ1n) is 9.42. The lowest BCUT2D eigenvalue weighted by atomic mass is 10.0. The minimum atomic E-state index is -0.567. The van der Waals surface area contributed by atoms with Gasteiger partial charge in [0.25, 0.3) is 5.56 Å². The van der Waals surface area contributed by atoms with E-state index in [9.17, 15) is 9.59 Å². The van der Waals surface area contributed by atoms with E-state index in [1.54, 1.807) is 0 Å². The molecule has 0 spiro atoms. The molecule has 0 bridgehead atoms. The summed E-state index contributed by atoms with van der Waals surface area (Å²) in [5.41, 5.74) is 2.05. The van der Waals surface area contributed by atoms with Crippen molar-refractivity contribution in [1.82, 2.24) is 10.6 Å². The van der Waals surface area contributed by atoms with Crippen LogP contribution in [0, 0.1) is 0 Å². The van der Waals surface area contributed by atoms with E-state index >= 15 is 0 Å². The highest BCUT2D eigenvalue weighted by molar-refractivity contribution is 5.92. The predicted molar refractivity (Wildman–Crippen MR) is 95.8 cm³/mol. The summed E-state index contributed by atoms with van der Waals surface area (Å²) in [6.45, 7) is 2.25. The molecule has 0 radical (unpaired) electrons. The number of hydrazine groups is 1. The molecule has 0 fully saturated rings. The Hall–Kier alpha value is -1.56. The third kappa shape index (κ3) is 7.81. The summed E-state index contributed by atoms with van der Waals surface area (Å²) in [6, 6.07) is 0. The Labute approximate surface area is 144 Å². The number of H-pyrrole nitrogens is 1. The molecule has 6 heteroatoms. The van der Waals surface area contributed by atoms with Gasteiger partial charge in [0.2, 0.25) is 5.76 Å². The van der Waals surface area contributed by atoms with E-state index < -0.39 is 5.91 Å². The molecular formula is C18H33N3O3. The Bertz CT molecular complexity index is 508. The first-order chi connectivity index (χ1) is 11.7. The minimum Gasteiger partial charge on any atom is -0.373 e. The number of amides is 1. The van der Waals surface area contributed by atoms with Gasteiger partial charge in [0, 0.05) is 0 Å². The maximum atomic E-state index is 11.6. The normalized spacial score (nSPS) is 10.9. The van der Waals surface area contributed by atoms with E-state index in [4.69, 9.17) is 10.4 Å². The van der Waals surface area contributed by atoms with E-state index in [2.05, 4.69) is 12.1 Å². The number of hydrogen-bond acceptors (Lipinski definition) is 4. The number of aromatic nitrogens is 1. The van der Waals surface area contributed by atoms with E-state index in [1.165, 1.54) is 64.2 Å². The van der Waals surface area contributed by atoms with Crippen LogP contribution in [0.1, 0.15) is 100 Å². The fraction of sp³-hybridized carbons (Fsp3) is 0.778. The number of aromatic amines is 1. The molecule has 1 aromatic rings. The number of hydrogen-bond donors (Lipinski definition) is 3. The zero-order valence-corrected chi connectivity index (χ0v) is 15.0. The molecule has 1 heterocycles. The Kier molecular flexibility index (Phi) is 10.9. The third-order valence-corrected chi connectivity index (χ3v) is 4.41. The fourth-order valence-electron chi connectivity index (χ4n) is 2.94. The van der Waals surface area contributed by atoms with Crippen LogP contribution >= 0.6 is 0 Å². The molecule has 0 saturated carbocycles. The molecule has 138 valence electrons. The first-order valence-corrected chi connectivity index (χ1v) is 9.42. The number of nitrogens with one attached hydrogen (secondary N) is 2. The molecule has 0 saturated heterocycles. The lowest BCUT2D eigenvalue weighted by molar-refractivity contribution is 0.0915. The van der Waals surface area contributed by atoms with Gasteiger partial charge in [-0.1, -0.05) is 77.6 Å². The van der Waals surface area contributed by atoms with Gasteiger partial charge in [-0.15, -0.1) is 0 Å². The molecule has 0 atom stereocenters. The van der Waals surface area contributed by atoms with Crippen LogP contribution in [0.2, 0.25) is 0 Å². The number of unbranched alkanes of at least 4 members (excludes halogenated alkanes) is 11. The lowest BCUT2D eigenvalue weighted by Gasteiger charge is -2.03. The number of carbonyl (C=O) groups is 1. The Balaban J connectivity index is 2.04. The maximum absolute atomic E-state index is 11.6. The van der Waals surface area contributed by atoms with Crippen molar-refractivity contribution in [3.8, 4) is 0 Å². The molecule has 0 aliphatic carbocycles. The molecule has 6 nitrogen and oxygen atoms in total. The first kappa shape index (κ1) is 20.5. The molecule has 4 N–H and O–H groups in total. The highest BCUT2D eigenvalue weighted by Gasteiger charge is 2.18. The molecule has 0 aromatic carbocycles. The van der Waals surface area contributed by atoms with Crippen molar-refractivity contribution < 1.29 is 9.32 Å². The quantitative estimate of drug-likeness (QED) is 0.207. The average Bonchev–Trinajstić information content (AvgIpc) is 2.96. The second-order valence-electron chi connectivity index (χ2n) is 6.45. The predicted octanol–water partition coefficient (Wildman–Crippen LogP) is 3.82. The number of carbonyl (C=O) groups excluding carboxylic acids is 1. The van der Waals surface area contributed by atoms with Crippen LogP contribution in [-0.4, -0.2) is 11.1 Å². The van der Waals surface area contributed by atoms with E-state index in [-0.39, 0.29) is 11.3 Å². The molecule has 1 rings (SSSR count). The van der Waals surface area contributed by atoms with Crippen LogP contribution in [0.25, 0.3) is 0 Å². The van der Waals surface area contributed by atoms with Gasteiger partial charge in [0.1, 0.15) is 0 Å². The summed E-state index contributed by atoms with van der Waals surface area (Å²) < 4.78 is 4.88. The topological polar surface area (TPSA) is 101 Å². The van der Waals surface area contributed by atoms with Crippen LogP contribution in [0.3, 0.4) is 0 Å². The Morgan fingerprint density at radius 3 is 1.96 bits per heavy atom. The van der Waals surface area contributed by atoms with Crippen LogP contribution < -0.4 is 16.8 Å². The van der Waals surface area contributed by atoms with Crippen molar-refractivity contribution in [3.05, 3.63) is 21.7 Å². The van der Waals surface area contributed by atoms with Crippen molar-refractivity contribution in [3.63, 3.8) is 0 Å². The van der Waals surface area contributed by atoms with Crippen LogP contribution in [0.4, 0.5) is 0 Å².